The number of hydrogen-bond donors (Lipinski definition) is 1. The summed E-state index contributed by atoms with van der Waals surface area (Å²) in [6.45, 7) is 2.18. The van der Waals surface area contributed by atoms with E-state index in [4.69, 9.17) is 0 Å². The van der Waals surface area contributed by atoms with E-state index < -0.39 is 0 Å². The van der Waals surface area contributed by atoms with E-state index >= 15 is 0 Å². The fraction of sp³-hybridized carbons (Fsp3) is 0.333. The Morgan fingerprint density at radius 2 is 1.50 bits per heavy atom. The van der Waals surface area contributed by atoms with E-state index in [0.717, 1.165) is 6.42 Å². The van der Waals surface area contributed by atoms with Crippen LogP contribution in [0.2, 0.25) is 0 Å². The van der Waals surface area contributed by atoms with E-state index in [1.165, 1.54) is 5.69 Å². The third-order valence-electron chi connectivity index (χ3n) is 2.56. The van der Waals surface area contributed by atoms with Gasteiger partial charge in [0.1, 0.15) is 0 Å². The standard InChI is InChI=1S/C10H17N2.C5H5.Fe/c1-4-10(12(2)3)11-9-7-5-6-8-9;1-2-4-5-3-1;/h5-8,10-11H,4H2,1-3H3;1-5H;/q-1;-5;. The van der Waals surface area contributed by atoms with Crippen molar-refractivity contribution in [1.29, 1.82) is 0 Å². The molecule has 2 rings (SSSR count). The summed E-state index contributed by atoms with van der Waals surface area (Å²) in [5, 5.41) is 3.43. The van der Waals surface area contributed by atoms with Crippen molar-refractivity contribution in [3.8, 4) is 0 Å². The zero-order valence-corrected chi connectivity index (χ0v) is 12.4. The molecule has 0 saturated carbocycles. The van der Waals surface area contributed by atoms with Crippen LogP contribution in [0.3, 0.4) is 0 Å². The van der Waals surface area contributed by atoms with Gasteiger partial charge < -0.3 is 35.6 Å². The van der Waals surface area contributed by atoms with Gasteiger partial charge in [-0.1, -0.05) is 12.6 Å². The second-order valence-electron chi connectivity index (χ2n) is 4.17. The van der Waals surface area contributed by atoms with Crippen LogP contribution in [0, 0.1) is 0 Å². The maximum absolute atomic E-state index is 3.43. The van der Waals surface area contributed by atoms with Crippen molar-refractivity contribution < 1.29 is 17.1 Å². The van der Waals surface area contributed by atoms with Gasteiger partial charge in [-0.3, -0.25) is 4.90 Å². The molecule has 2 aromatic rings. The van der Waals surface area contributed by atoms with Crippen molar-refractivity contribution in [2.24, 2.45) is 0 Å². The minimum Gasteiger partial charge on any atom is -0.748 e. The molecular weight excluding hydrogens is 264 g/mol. The first-order chi connectivity index (χ1) is 8.24. The number of nitrogens with zero attached hydrogens (tertiary/aromatic N) is 1. The molecule has 0 aromatic heterocycles. The Hall–Kier alpha value is -1.02. The minimum absolute atomic E-state index is 0. The van der Waals surface area contributed by atoms with Crippen LogP contribution >= 0.6 is 0 Å². The number of nitrogens with one attached hydrogen (secondary N) is 1. The van der Waals surface area contributed by atoms with Gasteiger partial charge in [0, 0.05) is 17.1 Å². The number of rotatable bonds is 4. The van der Waals surface area contributed by atoms with E-state index in [1.807, 2.05) is 42.5 Å². The molecule has 106 valence electrons. The molecule has 1 atom stereocenters. The van der Waals surface area contributed by atoms with Gasteiger partial charge in [0.2, 0.25) is 0 Å². The molecule has 2 aromatic carbocycles. The zero-order valence-electron chi connectivity index (χ0n) is 11.3. The molecule has 1 unspecified atom stereocenters. The molecule has 2 nitrogen and oxygen atoms in total. The molecule has 0 heterocycles. The van der Waals surface area contributed by atoms with Gasteiger partial charge in [0.25, 0.3) is 0 Å². The van der Waals surface area contributed by atoms with Gasteiger partial charge in [0.15, 0.2) is 0 Å². The predicted octanol–water partition coefficient (Wildman–Crippen LogP) is 3.52. The van der Waals surface area contributed by atoms with Crippen LogP contribution in [0.1, 0.15) is 13.3 Å². The Balaban J connectivity index is 0.000000405. The van der Waals surface area contributed by atoms with Gasteiger partial charge in [-0.15, -0.1) is 0 Å². The van der Waals surface area contributed by atoms with Gasteiger partial charge in [0.05, 0.1) is 6.17 Å². The average molecular weight is 286 g/mol. The van der Waals surface area contributed by atoms with Crippen molar-refractivity contribution >= 4 is 5.69 Å². The summed E-state index contributed by atoms with van der Waals surface area (Å²) in [4.78, 5) is 2.19. The number of anilines is 1. The summed E-state index contributed by atoms with van der Waals surface area (Å²) in [5.74, 6) is 0. The molecule has 18 heavy (non-hydrogen) atoms. The summed E-state index contributed by atoms with van der Waals surface area (Å²) in [7, 11) is 4.17. The Labute approximate surface area is 121 Å². The third kappa shape index (κ3) is 6.65. The Bertz CT molecular complexity index is 335. The van der Waals surface area contributed by atoms with Crippen LogP contribution in [0.4, 0.5) is 5.69 Å². The van der Waals surface area contributed by atoms with E-state index in [0.29, 0.717) is 6.17 Å². The van der Waals surface area contributed by atoms with Gasteiger partial charge in [-0.2, -0.15) is 12.1 Å². The van der Waals surface area contributed by atoms with Crippen LogP contribution in [-0.4, -0.2) is 25.2 Å². The molecule has 0 radical (unpaired) electrons. The molecule has 0 bridgehead atoms. The Morgan fingerprint density at radius 3 is 1.83 bits per heavy atom. The molecule has 0 aliphatic rings. The molecule has 0 spiro atoms. The second kappa shape index (κ2) is 9.95. The van der Waals surface area contributed by atoms with E-state index in [-0.39, 0.29) is 17.1 Å². The largest absolute Gasteiger partial charge is 0.748 e. The maximum Gasteiger partial charge on any atom is 0.0683 e. The van der Waals surface area contributed by atoms with E-state index in [2.05, 4.69) is 43.4 Å². The van der Waals surface area contributed by atoms with Crippen molar-refractivity contribution in [2.45, 2.75) is 19.5 Å². The third-order valence-corrected chi connectivity index (χ3v) is 2.56. The first-order valence-electron chi connectivity index (χ1n) is 6.05. The fourth-order valence-electron chi connectivity index (χ4n) is 1.58. The zero-order chi connectivity index (χ0) is 12.5. The second-order valence-corrected chi connectivity index (χ2v) is 4.17. The first-order valence-corrected chi connectivity index (χ1v) is 6.05. The molecule has 0 amide bonds. The molecule has 0 aliphatic heterocycles. The average Bonchev–Trinajstić information content (AvgIpc) is 3.01. The van der Waals surface area contributed by atoms with Crippen molar-refractivity contribution in [3.05, 3.63) is 54.6 Å². The van der Waals surface area contributed by atoms with Crippen LogP contribution in [-0.2, 0) is 17.1 Å². The minimum atomic E-state index is 0. The Kier molecular flexibility index (Phi) is 9.39. The molecule has 1 N–H and O–H groups in total. The van der Waals surface area contributed by atoms with Crippen molar-refractivity contribution in [1.82, 2.24) is 4.90 Å². The summed E-state index contributed by atoms with van der Waals surface area (Å²) in [5.41, 5.74) is 1.20. The van der Waals surface area contributed by atoms with Gasteiger partial charge in [-0.05, 0) is 20.5 Å². The normalized spacial score (nSPS) is 11.1. The topological polar surface area (TPSA) is 15.3 Å². The quantitative estimate of drug-likeness (QED) is 0.525. The summed E-state index contributed by atoms with van der Waals surface area (Å²) < 4.78 is 0. The van der Waals surface area contributed by atoms with Crippen molar-refractivity contribution in [3.63, 3.8) is 0 Å². The smallest absolute Gasteiger partial charge is 0.0683 e. The van der Waals surface area contributed by atoms with Crippen LogP contribution < -0.4 is 5.32 Å². The van der Waals surface area contributed by atoms with Crippen LogP contribution in [0.5, 0.6) is 0 Å². The fourth-order valence-corrected chi connectivity index (χ4v) is 1.58. The molecule has 3 heteroatoms. The van der Waals surface area contributed by atoms with E-state index in [1.54, 1.807) is 0 Å². The van der Waals surface area contributed by atoms with Crippen LogP contribution in [0.25, 0.3) is 0 Å². The molecular formula is C15H22FeN2-6. The van der Waals surface area contributed by atoms with Gasteiger partial charge in [-0.25, -0.2) is 12.1 Å². The maximum atomic E-state index is 3.43. The van der Waals surface area contributed by atoms with Gasteiger partial charge >= 0.3 is 0 Å². The molecule has 0 fully saturated rings. The van der Waals surface area contributed by atoms with Crippen LogP contribution in [0.15, 0.2) is 54.6 Å². The first kappa shape index (κ1) is 17.0. The molecule has 0 aliphatic carbocycles. The SMILES string of the molecule is CCC(N[c-]1cccc1)N(C)C.[Fe].[cH-]1[cH-][cH-][cH-][cH-]1. The predicted molar refractivity (Wildman–Crippen MR) is 75.5 cm³/mol. The Morgan fingerprint density at radius 1 is 1.06 bits per heavy atom. The van der Waals surface area contributed by atoms with E-state index in [9.17, 15) is 0 Å². The monoisotopic (exact) mass is 286 g/mol. The number of hydrogen-bond acceptors (Lipinski definition) is 2. The van der Waals surface area contributed by atoms with Crippen molar-refractivity contribution in [2.75, 3.05) is 19.4 Å². The molecule has 0 saturated heterocycles. The summed E-state index contributed by atoms with van der Waals surface area (Å²) in [6, 6.07) is 18.3. The summed E-state index contributed by atoms with van der Waals surface area (Å²) in [6.07, 6.45) is 1.55. The summed E-state index contributed by atoms with van der Waals surface area (Å²) >= 11 is 0.